The van der Waals surface area contributed by atoms with E-state index in [-0.39, 0.29) is 30.9 Å². The standard InChI is InChI=1S/C22H32N4O.2ClH/c1-16(2)26-19-7-4-3-6-18(19)24-22(26)20-8-5-15-25(20)21(27)10-9-17-11-13-23-14-12-17;;/h3-4,6-7,16-17,20,23H,5,8-15H2,1-2H3;2*1H. The Morgan fingerprint density at radius 3 is 2.62 bits per heavy atom. The predicted molar refractivity (Wildman–Crippen MR) is 123 cm³/mol. The molecule has 2 aliphatic rings. The molecule has 5 nitrogen and oxygen atoms in total. The monoisotopic (exact) mass is 440 g/mol. The molecule has 4 rings (SSSR count). The van der Waals surface area contributed by atoms with Crippen LogP contribution in [0.15, 0.2) is 24.3 Å². The van der Waals surface area contributed by atoms with Gasteiger partial charge in [-0.3, -0.25) is 4.79 Å². The second-order valence-electron chi connectivity index (χ2n) is 8.40. The largest absolute Gasteiger partial charge is 0.333 e. The zero-order chi connectivity index (χ0) is 18.8. The van der Waals surface area contributed by atoms with Gasteiger partial charge in [0, 0.05) is 19.0 Å². The van der Waals surface area contributed by atoms with Crippen molar-refractivity contribution in [3.05, 3.63) is 30.1 Å². The second kappa shape index (κ2) is 10.6. The first-order chi connectivity index (χ1) is 13.1. The lowest BCUT2D eigenvalue weighted by Gasteiger charge is -2.28. The van der Waals surface area contributed by atoms with Crippen LogP contribution >= 0.6 is 24.8 Å². The van der Waals surface area contributed by atoms with Crippen molar-refractivity contribution in [2.45, 2.75) is 64.5 Å². The number of piperidine rings is 1. The van der Waals surface area contributed by atoms with Crippen molar-refractivity contribution in [3.63, 3.8) is 0 Å². The summed E-state index contributed by atoms with van der Waals surface area (Å²) >= 11 is 0. The molecule has 2 aliphatic heterocycles. The van der Waals surface area contributed by atoms with Crippen LogP contribution in [0.2, 0.25) is 0 Å². The molecular formula is C22H34Cl2N4O. The van der Waals surface area contributed by atoms with E-state index in [1.807, 2.05) is 6.07 Å². The highest BCUT2D eigenvalue weighted by Crippen LogP contribution is 2.35. The predicted octanol–water partition coefficient (Wildman–Crippen LogP) is 4.90. The van der Waals surface area contributed by atoms with Gasteiger partial charge in [-0.15, -0.1) is 24.8 Å². The summed E-state index contributed by atoms with van der Waals surface area (Å²) in [5.41, 5.74) is 2.21. The first kappa shape index (κ1) is 24.0. The van der Waals surface area contributed by atoms with Crippen LogP contribution in [-0.2, 0) is 4.79 Å². The lowest BCUT2D eigenvalue weighted by Crippen LogP contribution is -2.33. The number of para-hydroxylation sites is 2. The third-order valence-electron chi connectivity index (χ3n) is 6.24. The maximum absolute atomic E-state index is 13.0. The van der Waals surface area contributed by atoms with Crippen LogP contribution < -0.4 is 5.32 Å². The number of amides is 1. The summed E-state index contributed by atoms with van der Waals surface area (Å²) < 4.78 is 2.33. The molecule has 0 bridgehead atoms. The topological polar surface area (TPSA) is 50.2 Å². The Labute approximate surface area is 186 Å². The van der Waals surface area contributed by atoms with E-state index in [0.717, 1.165) is 50.2 Å². The molecule has 29 heavy (non-hydrogen) atoms. The zero-order valence-electron chi connectivity index (χ0n) is 17.5. The van der Waals surface area contributed by atoms with Gasteiger partial charge in [-0.1, -0.05) is 12.1 Å². The van der Waals surface area contributed by atoms with Crippen LogP contribution in [0.1, 0.15) is 70.3 Å². The van der Waals surface area contributed by atoms with E-state index in [0.29, 0.717) is 24.3 Å². The summed E-state index contributed by atoms with van der Waals surface area (Å²) in [5.74, 6) is 2.09. The number of aromatic nitrogens is 2. The fourth-order valence-electron chi connectivity index (χ4n) is 4.82. The SMILES string of the molecule is CC(C)n1c(C2CCCN2C(=O)CCC2CCNCC2)nc2ccccc21.Cl.Cl. The first-order valence-corrected chi connectivity index (χ1v) is 10.6. The van der Waals surface area contributed by atoms with E-state index in [9.17, 15) is 4.79 Å². The highest BCUT2D eigenvalue weighted by Gasteiger charge is 2.34. The van der Waals surface area contributed by atoms with Crippen molar-refractivity contribution in [3.8, 4) is 0 Å². The van der Waals surface area contributed by atoms with Crippen molar-refractivity contribution in [1.82, 2.24) is 19.8 Å². The third kappa shape index (κ3) is 5.07. The number of nitrogens with zero attached hydrogens (tertiary/aromatic N) is 3. The van der Waals surface area contributed by atoms with Gasteiger partial charge in [-0.2, -0.15) is 0 Å². The molecule has 0 saturated carbocycles. The van der Waals surface area contributed by atoms with Crippen LogP contribution in [0.4, 0.5) is 0 Å². The summed E-state index contributed by atoms with van der Waals surface area (Å²) in [4.78, 5) is 20.1. The normalized spacial score (nSPS) is 20.0. The maximum Gasteiger partial charge on any atom is 0.223 e. The van der Waals surface area contributed by atoms with Crippen LogP contribution in [0, 0.1) is 5.92 Å². The van der Waals surface area contributed by atoms with Crippen LogP contribution in [-0.4, -0.2) is 40.0 Å². The number of imidazole rings is 1. The lowest BCUT2D eigenvalue weighted by molar-refractivity contribution is -0.132. The number of benzene rings is 1. The van der Waals surface area contributed by atoms with Crippen molar-refractivity contribution in [1.29, 1.82) is 0 Å². The maximum atomic E-state index is 13.0. The number of carbonyl (C=O) groups excluding carboxylic acids is 1. The average molecular weight is 441 g/mol. The average Bonchev–Trinajstić information content (AvgIpc) is 3.31. The number of carbonyl (C=O) groups is 1. The lowest BCUT2D eigenvalue weighted by atomic mass is 9.93. The minimum atomic E-state index is 0. The number of likely N-dealkylation sites (tertiary alicyclic amines) is 1. The van der Waals surface area contributed by atoms with Crippen molar-refractivity contribution in [2.24, 2.45) is 5.92 Å². The Balaban J connectivity index is 0.00000150. The quantitative estimate of drug-likeness (QED) is 0.718. The fraction of sp³-hybridized carbons (Fsp3) is 0.636. The van der Waals surface area contributed by atoms with E-state index in [4.69, 9.17) is 4.98 Å². The Morgan fingerprint density at radius 2 is 1.90 bits per heavy atom. The molecule has 162 valence electrons. The minimum absolute atomic E-state index is 0. The molecule has 0 spiro atoms. The van der Waals surface area contributed by atoms with Gasteiger partial charge in [0.2, 0.25) is 5.91 Å². The molecule has 1 aromatic carbocycles. The fourth-order valence-corrected chi connectivity index (χ4v) is 4.82. The second-order valence-corrected chi connectivity index (χ2v) is 8.40. The molecule has 2 saturated heterocycles. The van der Waals surface area contributed by atoms with Crippen LogP contribution in [0.3, 0.4) is 0 Å². The van der Waals surface area contributed by atoms with Crippen LogP contribution in [0.25, 0.3) is 11.0 Å². The van der Waals surface area contributed by atoms with E-state index in [1.165, 1.54) is 18.4 Å². The van der Waals surface area contributed by atoms with E-state index < -0.39 is 0 Å². The smallest absolute Gasteiger partial charge is 0.223 e. The molecule has 2 aromatic rings. The Kier molecular flexibility index (Phi) is 8.80. The zero-order valence-corrected chi connectivity index (χ0v) is 19.1. The number of fused-ring (bicyclic) bond motifs is 1. The van der Waals surface area contributed by atoms with Crippen molar-refractivity contribution >= 4 is 41.8 Å². The van der Waals surface area contributed by atoms with Gasteiger partial charge in [0.1, 0.15) is 5.82 Å². The summed E-state index contributed by atoms with van der Waals surface area (Å²) in [6.45, 7) is 7.48. The molecule has 1 atom stereocenters. The molecule has 0 aliphatic carbocycles. The van der Waals surface area contributed by atoms with Gasteiger partial charge in [-0.05, 0) is 77.1 Å². The minimum Gasteiger partial charge on any atom is -0.333 e. The highest BCUT2D eigenvalue weighted by atomic mass is 35.5. The summed E-state index contributed by atoms with van der Waals surface area (Å²) in [6, 6.07) is 8.80. The summed E-state index contributed by atoms with van der Waals surface area (Å²) in [6.07, 6.45) is 6.23. The number of halogens is 2. The Morgan fingerprint density at radius 1 is 1.17 bits per heavy atom. The number of nitrogens with one attached hydrogen (secondary N) is 1. The molecule has 3 heterocycles. The van der Waals surface area contributed by atoms with Gasteiger partial charge in [0.25, 0.3) is 0 Å². The van der Waals surface area contributed by atoms with Gasteiger partial charge in [0.05, 0.1) is 17.1 Å². The molecule has 1 unspecified atom stereocenters. The van der Waals surface area contributed by atoms with E-state index >= 15 is 0 Å². The molecule has 1 amide bonds. The molecule has 2 fully saturated rings. The Hall–Kier alpha value is -1.30. The third-order valence-corrected chi connectivity index (χ3v) is 6.24. The molecule has 1 N–H and O–H groups in total. The number of hydrogen-bond donors (Lipinski definition) is 1. The molecule has 0 radical (unpaired) electrons. The molecule has 1 aromatic heterocycles. The first-order valence-electron chi connectivity index (χ1n) is 10.6. The van der Waals surface area contributed by atoms with Crippen molar-refractivity contribution in [2.75, 3.05) is 19.6 Å². The molecule has 7 heteroatoms. The summed E-state index contributed by atoms with van der Waals surface area (Å²) in [5, 5.41) is 3.41. The van der Waals surface area contributed by atoms with Gasteiger partial charge in [-0.25, -0.2) is 4.98 Å². The number of hydrogen-bond acceptors (Lipinski definition) is 3. The van der Waals surface area contributed by atoms with Gasteiger partial charge in [0.15, 0.2) is 0 Å². The summed E-state index contributed by atoms with van der Waals surface area (Å²) in [7, 11) is 0. The van der Waals surface area contributed by atoms with Crippen molar-refractivity contribution < 1.29 is 4.79 Å². The highest BCUT2D eigenvalue weighted by molar-refractivity contribution is 5.85. The van der Waals surface area contributed by atoms with E-state index in [2.05, 4.69) is 46.8 Å². The van der Waals surface area contributed by atoms with Gasteiger partial charge < -0.3 is 14.8 Å². The molecular weight excluding hydrogens is 407 g/mol. The Bertz CT molecular complexity index is 801. The van der Waals surface area contributed by atoms with E-state index in [1.54, 1.807) is 0 Å². The van der Waals surface area contributed by atoms with Crippen LogP contribution in [0.5, 0.6) is 0 Å². The van der Waals surface area contributed by atoms with Gasteiger partial charge >= 0.3 is 0 Å². The number of rotatable bonds is 5.